The SMILES string of the molecule is C[C@H]1[C@H](C)CCC[C@@H]1NC(=O)CN1CCOCC1(C)C. The average Bonchev–Trinajstić information content (AvgIpc) is 2.37. The summed E-state index contributed by atoms with van der Waals surface area (Å²) in [5, 5.41) is 3.26. The van der Waals surface area contributed by atoms with Crippen LogP contribution in [0.4, 0.5) is 0 Å². The number of ether oxygens (including phenoxy) is 1. The van der Waals surface area contributed by atoms with Gasteiger partial charge >= 0.3 is 0 Å². The molecule has 1 heterocycles. The van der Waals surface area contributed by atoms with E-state index >= 15 is 0 Å². The normalized spacial score (nSPS) is 34.7. The lowest BCUT2D eigenvalue weighted by Gasteiger charge is -2.42. The van der Waals surface area contributed by atoms with Gasteiger partial charge < -0.3 is 10.1 Å². The van der Waals surface area contributed by atoms with E-state index < -0.39 is 0 Å². The molecule has 0 radical (unpaired) electrons. The number of carbonyl (C=O) groups excluding carboxylic acids is 1. The van der Waals surface area contributed by atoms with Gasteiger partial charge in [-0.15, -0.1) is 0 Å². The van der Waals surface area contributed by atoms with Crippen LogP contribution in [-0.2, 0) is 9.53 Å². The molecule has 0 spiro atoms. The number of hydrogen-bond donors (Lipinski definition) is 1. The summed E-state index contributed by atoms with van der Waals surface area (Å²) in [6.07, 6.45) is 3.66. The second-order valence-electron chi connectivity index (χ2n) is 7.23. The minimum absolute atomic E-state index is 0.0406. The van der Waals surface area contributed by atoms with Gasteiger partial charge in [0, 0.05) is 18.1 Å². The first-order chi connectivity index (χ1) is 9.40. The molecule has 1 aliphatic heterocycles. The largest absolute Gasteiger partial charge is 0.378 e. The fourth-order valence-electron chi connectivity index (χ4n) is 3.40. The van der Waals surface area contributed by atoms with Gasteiger partial charge in [-0.2, -0.15) is 0 Å². The van der Waals surface area contributed by atoms with Crippen LogP contribution >= 0.6 is 0 Å². The second-order valence-corrected chi connectivity index (χ2v) is 7.23. The third kappa shape index (κ3) is 3.73. The predicted octanol–water partition coefficient (Wildman–Crippen LogP) is 2.04. The van der Waals surface area contributed by atoms with Gasteiger partial charge in [0.15, 0.2) is 0 Å². The van der Waals surface area contributed by atoms with E-state index in [4.69, 9.17) is 4.74 Å². The molecule has 4 heteroatoms. The molecule has 20 heavy (non-hydrogen) atoms. The number of hydrogen-bond acceptors (Lipinski definition) is 3. The van der Waals surface area contributed by atoms with E-state index in [-0.39, 0.29) is 11.4 Å². The van der Waals surface area contributed by atoms with Gasteiger partial charge in [-0.3, -0.25) is 9.69 Å². The number of rotatable bonds is 3. The summed E-state index contributed by atoms with van der Waals surface area (Å²) < 4.78 is 5.50. The highest BCUT2D eigenvalue weighted by atomic mass is 16.5. The molecule has 4 nitrogen and oxygen atoms in total. The van der Waals surface area contributed by atoms with Crippen LogP contribution in [0, 0.1) is 11.8 Å². The van der Waals surface area contributed by atoms with E-state index in [9.17, 15) is 4.79 Å². The van der Waals surface area contributed by atoms with Gasteiger partial charge in [0.1, 0.15) is 0 Å². The second kappa shape index (κ2) is 6.44. The molecule has 0 bridgehead atoms. The summed E-state index contributed by atoms with van der Waals surface area (Å²) in [6, 6.07) is 0.357. The summed E-state index contributed by atoms with van der Waals surface area (Å²) in [5.74, 6) is 1.48. The Morgan fingerprint density at radius 2 is 2.10 bits per heavy atom. The van der Waals surface area contributed by atoms with Crippen LogP contribution in [0.5, 0.6) is 0 Å². The Morgan fingerprint density at radius 3 is 2.80 bits per heavy atom. The van der Waals surface area contributed by atoms with Crippen molar-refractivity contribution in [3.05, 3.63) is 0 Å². The molecule has 0 aromatic carbocycles. The Morgan fingerprint density at radius 1 is 1.35 bits per heavy atom. The van der Waals surface area contributed by atoms with Gasteiger partial charge in [0.2, 0.25) is 5.91 Å². The van der Waals surface area contributed by atoms with Crippen molar-refractivity contribution in [1.29, 1.82) is 0 Å². The van der Waals surface area contributed by atoms with Gasteiger partial charge in [-0.25, -0.2) is 0 Å². The lowest BCUT2D eigenvalue weighted by atomic mass is 9.78. The van der Waals surface area contributed by atoms with Crippen LogP contribution < -0.4 is 5.32 Å². The molecular formula is C16H30N2O2. The monoisotopic (exact) mass is 282 g/mol. The number of amides is 1. The quantitative estimate of drug-likeness (QED) is 0.861. The van der Waals surface area contributed by atoms with Crippen molar-refractivity contribution in [3.63, 3.8) is 0 Å². The van der Waals surface area contributed by atoms with Crippen LogP contribution in [0.3, 0.4) is 0 Å². The van der Waals surface area contributed by atoms with Crippen LogP contribution in [-0.4, -0.2) is 48.7 Å². The number of nitrogens with one attached hydrogen (secondary N) is 1. The molecule has 2 aliphatic rings. The highest BCUT2D eigenvalue weighted by molar-refractivity contribution is 5.78. The van der Waals surface area contributed by atoms with Crippen molar-refractivity contribution in [1.82, 2.24) is 10.2 Å². The van der Waals surface area contributed by atoms with E-state index in [0.29, 0.717) is 31.0 Å². The minimum atomic E-state index is -0.0406. The van der Waals surface area contributed by atoms with E-state index in [1.54, 1.807) is 0 Å². The maximum absolute atomic E-state index is 12.3. The standard InChI is InChI=1S/C16H30N2O2/c1-12-6-5-7-14(13(12)2)17-15(19)10-18-8-9-20-11-16(18,3)4/h12-14H,5-11H2,1-4H3,(H,17,19)/t12-,13+,14+/m1/s1. The van der Waals surface area contributed by atoms with E-state index in [0.717, 1.165) is 19.6 Å². The fourth-order valence-corrected chi connectivity index (χ4v) is 3.40. The molecule has 0 aromatic rings. The predicted molar refractivity (Wildman–Crippen MR) is 80.6 cm³/mol. The van der Waals surface area contributed by atoms with E-state index in [1.165, 1.54) is 12.8 Å². The summed E-state index contributed by atoms with van der Waals surface area (Å²) in [4.78, 5) is 14.6. The molecule has 116 valence electrons. The molecule has 0 unspecified atom stereocenters. The Labute approximate surface area is 123 Å². The smallest absolute Gasteiger partial charge is 0.234 e. The summed E-state index contributed by atoms with van der Waals surface area (Å²) in [7, 11) is 0. The topological polar surface area (TPSA) is 41.6 Å². The summed E-state index contributed by atoms with van der Waals surface area (Å²) in [5.41, 5.74) is -0.0406. The molecule has 1 aliphatic carbocycles. The zero-order valence-electron chi connectivity index (χ0n) is 13.4. The molecule has 2 rings (SSSR count). The molecule has 0 aromatic heterocycles. The van der Waals surface area contributed by atoms with Crippen molar-refractivity contribution in [2.45, 2.75) is 58.5 Å². The molecule has 1 saturated heterocycles. The maximum Gasteiger partial charge on any atom is 0.234 e. The Hall–Kier alpha value is -0.610. The molecule has 1 amide bonds. The average molecular weight is 282 g/mol. The molecule has 1 saturated carbocycles. The molecule has 1 N–H and O–H groups in total. The van der Waals surface area contributed by atoms with Gasteiger partial charge in [-0.1, -0.05) is 26.7 Å². The first-order valence-electron chi connectivity index (χ1n) is 8.02. The highest BCUT2D eigenvalue weighted by Crippen LogP contribution is 2.29. The molecule has 2 fully saturated rings. The van der Waals surface area contributed by atoms with Crippen LogP contribution in [0.25, 0.3) is 0 Å². The van der Waals surface area contributed by atoms with E-state index in [1.807, 2.05) is 0 Å². The van der Waals surface area contributed by atoms with Gasteiger partial charge in [-0.05, 0) is 32.1 Å². The van der Waals surface area contributed by atoms with Crippen molar-refractivity contribution in [2.24, 2.45) is 11.8 Å². The van der Waals surface area contributed by atoms with Gasteiger partial charge in [0.25, 0.3) is 0 Å². The fraction of sp³-hybridized carbons (Fsp3) is 0.938. The zero-order valence-corrected chi connectivity index (χ0v) is 13.4. The Kier molecular flexibility index (Phi) is 5.08. The highest BCUT2D eigenvalue weighted by Gasteiger charge is 2.33. The summed E-state index contributed by atoms with van der Waals surface area (Å²) in [6.45, 7) is 11.6. The first-order valence-corrected chi connectivity index (χ1v) is 8.02. The Bertz CT molecular complexity index is 343. The van der Waals surface area contributed by atoms with Gasteiger partial charge in [0.05, 0.1) is 19.8 Å². The zero-order chi connectivity index (χ0) is 14.8. The number of morpholine rings is 1. The maximum atomic E-state index is 12.3. The number of nitrogens with zero attached hydrogens (tertiary/aromatic N) is 1. The van der Waals surface area contributed by atoms with Crippen molar-refractivity contribution in [3.8, 4) is 0 Å². The lowest BCUT2D eigenvalue weighted by molar-refractivity contribution is -0.128. The Balaban J connectivity index is 1.85. The third-order valence-electron chi connectivity index (χ3n) is 5.20. The van der Waals surface area contributed by atoms with Crippen LogP contribution in [0.1, 0.15) is 47.0 Å². The van der Waals surface area contributed by atoms with Crippen molar-refractivity contribution >= 4 is 5.91 Å². The lowest BCUT2D eigenvalue weighted by Crippen LogP contribution is -2.57. The molecular weight excluding hydrogens is 252 g/mol. The molecule has 3 atom stereocenters. The number of carbonyl (C=O) groups is 1. The van der Waals surface area contributed by atoms with E-state index in [2.05, 4.69) is 37.9 Å². The van der Waals surface area contributed by atoms with Crippen molar-refractivity contribution in [2.75, 3.05) is 26.3 Å². The third-order valence-corrected chi connectivity index (χ3v) is 5.20. The van der Waals surface area contributed by atoms with Crippen LogP contribution in [0.2, 0.25) is 0 Å². The van der Waals surface area contributed by atoms with Crippen molar-refractivity contribution < 1.29 is 9.53 Å². The minimum Gasteiger partial charge on any atom is -0.378 e. The first kappa shape index (κ1) is 15.8. The summed E-state index contributed by atoms with van der Waals surface area (Å²) >= 11 is 0. The van der Waals surface area contributed by atoms with Crippen LogP contribution in [0.15, 0.2) is 0 Å².